The second kappa shape index (κ2) is 2.86. The van der Waals surface area contributed by atoms with Gasteiger partial charge in [-0.1, -0.05) is 13.8 Å². The van der Waals surface area contributed by atoms with Gasteiger partial charge in [0.05, 0.1) is 6.04 Å². The topological polar surface area (TPSA) is 12.5 Å². The second-order valence-corrected chi connectivity index (χ2v) is 3.48. The summed E-state index contributed by atoms with van der Waals surface area (Å²) in [6, 6.07) is 0.440. The molecule has 0 bridgehead atoms. The highest BCUT2D eigenvalue weighted by molar-refractivity contribution is 5.18. The molecular weight excluding hydrogens is 138 g/mol. The maximum absolute atomic E-state index is 5.46. The van der Waals surface area contributed by atoms with Crippen LogP contribution in [0.4, 0.5) is 0 Å². The number of nitrogens with zero attached hydrogens (tertiary/aromatic N) is 1. The van der Waals surface area contributed by atoms with E-state index in [0.717, 1.165) is 5.76 Å². The summed E-state index contributed by atoms with van der Waals surface area (Å²) in [5.41, 5.74) is 1.42. The lowest BCUT2D eigenvalue weighted by atomic mass is 9.96. The van der Waals surface area contributed by atoms with Crippen molar-refractivity contribution in [3.8, 4) is 0 Å². The van der Waals surface area contributed by atoms with Crippen LogP contribution in [-0.4, -0.2) is 18.2 Å². The third-order valence-electron chi connectivity index (χ3n) is 2.30. The molecule has 0 aromatic carbocycles. The van der Waals surface area contributed by atoms with Crippen LogP contribution in [0.15, 0.2) is 11.3 Å². The summed E-state index contributed by atoms with van der Waals surface area (Å²) < 4.78 is 0. The Labute approximate surface area is 68.8 Å². The molecule has 1 atom stereocenters. The van der Waals surface area contributed by atoms with Crippen molar-refractivity contribution in [3.63, 3.8) is 0 Å². The van der Waals surface area contributed by atoms with Crippen LogP contribution in [0.3, 0.4) is 0 Å². The minimum Gasteiger partial charge on any atom is -0.410 e. The molecule has 0 amide bonds. The molecule has 11 heavy (non-hydrogen) atoms. The van der Waals surface area contributed by atoms with E-state index in [9.17, 15) is 0 Å². The number of likely N-dealkylation sites (N-methyl/N-ethyl adjacent to an activating group) is 1. The van der Waals surface area contributed by atoms with Crippen molar-refractivity contribution < 1.29 is 4.84 Å². The van der Waals surface area contributed by atoms with Gasteiger partial charge in [-0.05, 0) is 25.3 Å². The molecule has 0 saturated heterocycles. The summed E-state index contributed by atoms with van der Waals surface area (Å²) in [6.07, 6.45) is 0. The zero-order valence-electron chi connectivity index (χ0n) is 8.01. The average Bonchev–Trinajstić information content (AvgIpc) is 2.07. The number of hydrogen-bond donors (Lipinski definition) is 0. The van der Waals surface area contributed by atoms with E-state index in [0.29, 0.717) is 12.0 Å². The van der Waals surface area contributed by atoms with E-state index in [-0.39, 0.29) is 0 Å². The van der Waals surface area contributed by atoms with E-state index in [4.69, 9.17) is 4.84 Å². The Balaban J connectivity index is 2.83. The SMILES string of the molecule is CC1=C(C(C)C)C(C)N(C)O1. The predicted octanol–water partition coefficient (Wildman–Crippen LogP) is 2.18. The summed E-state index contributed by atoms with van der Waals surface area (Å²) in [7, 11) is 1.98. The van der Waals surface area contributed by atoms with Crippen molar-refractivity contribution >= 4 is 0 Å². The lowest BCUT2D eigenvalue weighted by Crippen LogP contribution is -2.24. The van der Waals surface area contributed by atoms with Gasteiger partial charge in [0.2, 0.25) is 0 Å². The van der Waals surface area contributed by atoms with Crippen LogP contribution in [-0.2, 0) is 4.84 Å². The van der Waals surface area contributed by atoms with Gasteiger partial charge in [-0.3, -0.25) is 0 Å². The van der Waals surface area contributed by atoms with Gasteiger partial charge in [0.1, 0.15) is 5.76 Å². The van der Waals surface area contributed by atoms with Gasteiger partial charge in [-0.25, -0.2) is 0 Å². The molecule has 0 fully saturated rings. The molecule has 1 unspecified atom stereocenters. The smallest absolute Gasteiger partial charge is 0.122 e. The molecule has 64 valence electrons. The van der Waals surface area contributed by atoms with Gasteiger partial charge in [0.15, 0.2) is 0 Å². The Kier molecular flexibility index (Phi) is 2.23. The highest BCUT2D eigenvalue weighted by atomic mass is 16.7. The molecule has 2 nitrogen and oxygen atoms in total. The van der Waals surface area contributed by atoms with E-state index in [1.54, 1.807) is 0 Å². The summed E-state index contributed by atoms with van der Waals surface area (Å²) in [5, 5.41) is 1.91. The van der Waals surface area contributed by atoms with Gasteiger partial charge >= 0.3 is 0 Å². The highest BCUT2D eigenvalue weighted by Gasteiger charge is 2.27. The summed E-state index contributed by atoms with van der Waals surface area (Å²) in [5.74, 6) is 1.67. The Hall–Kier alpha value is -0.500. The largest absolute Gasteiger partial charge is 0.410 e. The Bertz CT molecular complexity index is 184. The van der Waals surface area contributed by atoms with Crippen molar-refractivity contribution in [2.75, 3.05) is 7.05 Å². The average molecular weight is 155 g/mol. The van der Waals surface area contributed by atoms with Gasteiger partial charge in [-0.2, -0.15) is 0 Å². The molecule has 0 N–H and O–H groups in total. The first-order chi connectivity index (χ1) is 5.04. The number of allylic oxidation sites excluding steroid dienone is 1. The van der Waals surface area contributed by atoms with E-state index >= 15 is 0 Å². The quantitative estimate of drug-likeness (QED) is 0.575. The van der Waals surface area contributed by atoms with E-state index in [1.807, 2.05) is 19.0 Å². The van der Waals surface area contributed by atoms with E-state index < -0.39 is 0 Å². The van der Waals surface area contributed by atoms with Crippen LogP contribution in [0.5, 0.6) is 0 Å². The third-order valence-corrected chi connectivity index (χ3v) is 2.30. The lowest BCUT2D eigenvalue weighted by Gasteiger charge is -2.16. The van der Waals surface area contributed by atoms with Crippen molar-refractivity contribution in [2.24, 2.45) is 5.92 Å². The molecule has 0 aliphatic carbocycles. The summed E-state index contributed by atoms with van der Waals surface area (Å²) >= 11 is 0. The zero-order chi connectivity index (χ0) is 8.59. The minimum atomic E-state index is 0.440. The number of hydroxylamine groups is 2. The monoisotopic (exact) mass is 155 g/mol. The molecule has 1 aliphatic heterocycles. The molecule has 0 aromatic heterocycles. The molecule has 1 rings (SSSR count). The maximum Gasteiger partial charge on any atom is 0.122 e. The molecule has 0 aromatic rings. The fourth-order valence-corrected chi connectivity index (χ4v) is 1.73. The molecular formula is C9H17NO. The van der Waals surface area contributed by atoms with E-state index in [2.05, 4.69) is 20.8 Å². The highest BCUT2D eigenvalue weighted by Crippen LogP contribution is 2.29. The van der Waals surface area contributed by atoms with Crippen LogP contribution in [0.1, 0.15) is 27.7 Å². The van der Waals surface area contributed by atoms with Crippen LogP contribution >= 0.6 is 0 Å². The Morgan fingerprint density at radius 3 is 2.18 bits per heavy atom. The summed E-state index contributed by atoms with van der Waals surface area (Å²) in [4.78, 5) is 5.46. The maximum atomic E-state index is 5.46. The van der Waals surface area contributed by atoms with Crippen molar-refractivity contribution in [2.45, 2.75) is 33.7 Å². The van der Waals surface area contributed by atoms with Gasteiger partial charge < -0.3 is 4.84 Å². The van der Waals surface area contributed by atoms with Crippen LogP contribution in [0, 0.1) is 5.92 Å². The standard InChI is InChI=1S/C9H17NO/c1-6(2)9-7(3)10(5)11-8(9)4/h6-7H,1-5H3. The molecule has 0 radical (unpaired) electrons. The lowest BCUT2D eigenvalue weighted by molar-refractivity contribution is -0.0894. The van der Waals surface area contributed by atoms with Gasteiger partial charge in [0.25, 0.3) is 0 Å². The third kappa shape index (κ3) is 1.41. The second-order valence-electron chi connectivity index (χ2n) is 3.48. The normalized spacial score (nSPS) is 26.5. The number of hydrogen-bond acceptors (Lipinski definition) is 2. The molecule has 0 saturated carbocycles. The van der Waals surface area contributed by atoms with Crippen molar-refractivity contribution in [1.29, 1.82) is 0 Å². The summed E-state index contributed by atoms with van der Waals surface area (Å²) in [6.45, 7) is 8.62. The molecule has 1 heterocycles. The van der Waals surface area contributed by atoms with Gasteiger partial charge in [-0.15, -0.1) is 5.06 Å². The van der Waals surface area contributed by atoms with Crippen molar-refractivity contribution in [3.05, 3.63) is 11.3 Å². The molecule has 1 aliphatic rings. The van der Waals surface area contributed by atoms with E-state index in [1.165, 1.54) is 5.57 Å². The first-order valence-electron chi connectivity index (χ1n) is 4.15. The fraction of sp³-hybridized carbons (Fsp3) is 0.778. The predicted molar refractivity (Wildman–Crippen MR) is 45.8 cm³/mol. The fourth-order valence-electron chi connectivity index (χ4n) is 1.73. The van der Waals surface area contributed by atoms with Crippen LogP contribution in [0.25, 0.3) is 0 Å². The Morgan fingerprint density at radius 1 is 1.45 bits per heavy atom. The van der Waals surface area contributed by atoms with Crippen LogP contribution in [0.2, 0.25) is 0 Å². The first kappa shape index (κ1) is 8.60. The molecule has 0 spiro atoms. The minimum absolute atomic E-state index is 0.440. The molecule has 2 heteroatoms. The Morgan fingerprint density at radius 2 is 2.00 bits per heavy atom. The van der Waals surface area contributed by atoms with Crippen molar-refractivity contribution in [1.82, 2.24) is 5.06 Å². The number of rotatable bonds is 1. The zero-order valence-corrected chi connectivity index (χ0v) is 8.01. The first-order valence-corrected chi connectivity index (χ1v) is 4.15. The van der Waals surface area contributed by atoms with Crippen LogP contribution < -0.4 is 0 Å². The van der Waals surface area contributed by atoms with Gasteiger partial charge in [0, 0.05) is 7.05 Å².